The van der Waals surface area contributed by atoms with Gasteiger partial charge in [0.05, 0.1) is 0 Å². The van der Waals surface area contributed by atoms with Gasteiger partial charge in [0.25, 0.3) is 0 Å². The maximum atomic E-state index is 11.1. The first-order valence-corrected chi connectivity index (χ1v) is 5.59. The van der Waals surface area contributed by atoms with Crippen LogP contribution >= 0.6 is 0 Å². The zero-order valence-corrected chi connectivity index (χ0v) is 9.84. The Hall–Kier alpha value is -2.55. The number of primary amides is 1. The Kier molecular flexibility index (Phi) is 3.44. The summed E-state index contributed by atoms with van der Waals surface area (Å²) in [6.07, 6.45) is 1.43. The van der Waals surface area contributed by atoms with Crippen LogP contribution in [0.4, 0.5) is 5.69 Å². The second kappa shape index (κ2) is 5.19. The van der Waals surface area contributed by atoms with Crippen molar-refractivity contribution in [1.29, 1.82) is 0 Å². The molecule has 90 valence electrons. The minimum Gasteiger partial charge on any atom is -0.399 e. The molecule has 0 radical (unpaired) electrons. The highest BCUT2D eigenvalue weighted by atomic mass is 16.1. The lowest BCUT2D eigenvalue weighted by atomic mass is 9.97. The van der Waals surface area contributed by atoms with Crippen LogP contribution in [0.5, 0.6) is 0 Å². The highest BCUT2D eigenvalue weighted by molar-refractivity contribution is 5.98. The van der Waals surface area contributed by atoms with E-state index in [1.54, 1.807) is 12.1 Å². The summed E-state index contributed by atoms with van der Waals surface area (Å²) in [7, 11) is 0. The minimum atomic E-state index is -0.467. The summed E-state index contributed by atoms with van der Waals surface area (Å²) in [5.74, 6) is -0.467. The lowest BCUT2D eigenvalue weighted by Crippen LogP contribution is -2.07. The Morgan fingerprint density at radius 3 is 2.00 bits per heavy atom. The van der Waals surface area contributed by atoms with Crippen molar-refractivity contribution in [2.75, 3.05) is 5.73 Å². The van der Waals surface area contributed by atoms with Crippen molar-refractivity contribution in [3.05, 3.63) is 71.8 Å². The maximum absolute atomic E-state index is 11.1. The number of carbonyl (C=O) groups excluding carboxylic acids is 1. The maximum Gasteiger partial charge on any atom is 0.242 e. The molecule has 3 heteroatoms. The molecule has 3 nitrogen and oxygen atoms in total. The van der Waals surface area contributed by atoms with Gasteiger partial charge in [-0.3, -0.25) is 4.79 Å². The SMILES string of the molecule is NC(=O)C=C(c1ccccc1)c1ccc(N)cc1. The van der Waals surface area contributed by atoms with Crippen molar-refractivity contribution in [3.63, 3.8) is 0 Å². The van der Waals surface area contributed by atoms with Gasteiger partial charge in [-0.2, -0.15) is 0 Å². The van der Waals surface area contributed by atoms with Crippen LogP contribution in [-0.4, -0.2) is 5.91 Å². The van der Waals surface area contributed by atoms with Gasteiger partial charge < -0.3 is 11.5 Å². The largest absolute Gasteiger partial charge is 0.399 e. The number of amides is 1. The van der Waals surface area contributed by atoms with Crippen LogP contribution in [0.25, 0.3) is 5.57 Å². The van der Waals surface area contributed by atoms with E-state index in [1.807, 2.05) is 42.5 Å². The highest BCUT2D eigenvalue weighted by Gasteiger charge is 2.05. The molecule has 4 N–H and O–H groups in total. The molecule has 0 saturated carbocycles. The van der Waals surface area contributed by atoms with Gasteiger partial charge in [-0.15, -0.1) is 0 Å². The predicted octanol–water partition coefficient (Wildman–Crippen LogP) is 2.19. The summed E-state index contributed by atoms with van der Waals surface area (Å²) in [5.41, 5.74) is 14.3. The number of rotatable bonds is 3. The summed E-state index contributed by atoms with van der Waals surface area (Å²) in [5, 5.41) is 0. The molecule has 0 aliphatic rings. The summed E-state index contributed by atoms with van der Waals surface area (Å²) in [6, 6.07) is 17.0. The van der Waals surface area contributed by atoms with Crippen molar-refractivity contribution in [2.45, 2.75) is 0 Å². The van der Waals surface area contributed by atoms with Crippen molar-refractivity contribution in [3.8, 4) is 0 Å². The van der Waals surface area contributed by atoms with E-state index < -0.39 is 5.91 Å². The fraction of sp³-hybridized carbons (Fsp3) is 0. The Balaban J connectivity index is 2.51. The molecular formula is C15H14N2O. The molecule has 0 spiro atoms. The predicted molar refractivity (Wildman–Crippen MR) is 73.6 cm³/mol. The molecule has 0 heterocycles. The zero-order valence-electron chi connectivity index (χ0n) is 9.84. The molecule has 0 fully saturated rings. The second-order valence-corrected chi connectivity index (χ2v) is 3.95. The number of hydrogen-bond acceptors (Lipinski definition) is 2. The first-order valence-electron chi connectivity index (χ1n) is 5.59. The van der Waals surface area contributed by atoms with E-state index in [1.165, 1.54) is 6.08 Å². The van der Waals surface area contributed by atoms with Gasteiger partial charge >= 0.3 is 0 Å². The van der Waals surface area contributed by atoms with Gasteiger partial charge in [-0.05, 0) is 28.8 Å². The summed E-state index contributed by atoms with van der Waals surface area (Å²) < 4.78 is 0. The van der Waals surface area contributed by atoms with Gasteiger partial charge in [0.15, 0.2) is 0 Å². The minimum absolute atomic E-state index is 0.467. The molecule has 1 amide bonds. The number of benzene rings is 2. The quantitative estimate of drug-likeness (QED) is 0.635. The van der Waals surface area contributed by atoms with Gasteiger partial charge in [0, 0.05) is 11.8 Å². The lowest BCUT2D eigenvalue weighted by molar-refractivity contribution is -0.113. The lowest BCUT2D eigenvalue weighted by Gasteiger charge is -2.08. The van der Waals surface area contributed by atoms with Crippen molar-refractivity contribution in [2.24, 2.45) is 5.73 Å². The highest BCUT2D eigenvalue weighted by Crippen LogP contribution is 2.23. The topological polar surface area (TPSA) is 69.1 Å². The first kappa shape index (κ1) is 11.9. The molecule has 0 saturated heterocycles. The van der Waals surface area contributed by atoms with E-state index in [2.05, 4.69) is 0 Å². The van der Waals surface area contributed by atoms with E-state index in [9.17, 15) is 4.79 Å². The third kappa shape index (κ3) is 2.77. The molecule has 0 atom stereocenters. The molecular weight excluding hydrogens is 224 g/mol. The van der Waals surface area contributed by atoms with Crippen LogP contribution < -0.4 is 11.5 Å². The van der Waals surface area contributed by atoms with Gasteiger partial charge in [0.1, 0.15) is 0 Å². The third-order valence-electron chi connectivity index (χ3n) is 2.59. The molecule has 0 aliphatic heterocycles. The first-order chi connectivity index (χ1) is 8.66. The Labute approximate surface area is 106 Å². The number of nitrogen functional groups attached to an aromatic ring is 1. The summed E-state index contributed by atoms with van der Waals surface area (Å²) >= 11 is 0. The smallest absolute Gasteiger partial charge is 0.242 e. The Bertz CT molecular complexity index is 571. The fourth-order valence-corrected chi connectivity index (χ4v) is 1.76. The van der Waals surface area contributed by atoms with Crippen molar-refractivity contribution >= 4 is 17.2 Å². The monoisotopic (exact) mass is 238 g/mol. The molecule has 18 heavy (non-hydrogen) atoms. The van der Waals surface area contributed by atoms with E-state index in [-0.39, 0.29) is 0 Å². The number of nitrogens with two attached hydrogens (primary N) is 2. The molecule has 2 aromatic carbocycles. The van der Waals surface area contributed by atoms with Crippen LogP contribution in [0.1, 0.15) is 11.1 Å². The Morgan fingerprint density at radius 1 is 0.889 bits per heavy atom. The van der Waals surface area contributed by atoms with Gasteiger partial charge in [-0.25, -0.2) is 0 Å². The van der Waals surface area contributed by atoms with Gasteiger partial charge in [-0.1, -0.05) is 42.5 Å². The normalized spacial score (nSPS) is 11.2. The molecule has 0 unspecified atom stereocenters. The van der Waals surface area contributed by atoms with Crippen molar-refractivity contribution < 1.29 is 4.79 Å². The fourth-order valence-electron chi connectivity index (χ4n) is 1.76. The molecule has 0 bridgehead atoms. The summed E-state index contributed by atoms with van der Waals surface area (Å²) in [6.45, 7) is 0. The van der Waals surface area contributed by atoms with Crippen LogP contribution in [0.15, 0.2) is 60.7 Å². The Morgan fingerprint density at radius 2 is 1.44 bits per heavy atom. The molecule has 0 aliphatic carbocycles. The van der Waals surface area contributed by atoms with Gasteiger partial charge in [0.2, 0.25) is 5.91 Å². The van der Waals surface area contributed by atoms with Crippen molar-refractivity contribution in [1.82, 2.24) is 0 Å². The van der Waals surface area contributed by atoms with Crippen LogP contribution in [0.3, 0.4) is 0 Å². The molecule has 0 aromatic heterocycles. The van der Waals surface area contributed by atoms with E-state index in [4.69, 9.17) is 11.5 Å². The van der Waals surface area contributed by atoms with Crippen LogP contribution in [0.2, 0.25) is 0 Å². The van der Waals surface area contributed by atoms with E-state index in [0.29, 0.717) is 5.69 Å². The van der Waals surface area contributed by atoms with Crippen LogP contribution in [-0.2, 0) is 4.79 Å². The standard InChI is InChI=1S/C15H14N2O/c16-13-8-6-12(7-9-13)14(10-15(17)18)11-4-2-1-3-5-11/h1-10H,16H2,(H2,17,18). The van der Waals surface area contributed by atoms with Crippen LogP contribution in [0, 0.1) is 0 Å². The second-order valence-electron chi connectivity index (χ2n) is 3.95. The molecule has 2 rings (SSSR count). The number of anilines is 1. The average molecular weight is 238 g/mol. The summed E-state index contributed by atoms with van der Waals surface area (Å²) in [4.78, 5) is 11.1. The van der Waals surface area contributed by atoms with E-state index in [0.717, 1.165) is 16.7 Å². The third-order valence-corrected chi connectivity index (χ3v) is 2.59. The zero-order chi connectivity index (χ0) is 13.0. The number of hydrogen-bond donors (Lipinski definition) is 2. The molecule has 2 aromatic rings. The van der Waals surface area contributed by atoms with E-state index >= 15 is 0 Å². The average Bonchev–Trinajstić information content (AvgIpc) is 2.38. The number of carbonyl (C=O) groups is 1.